The Hall–Kier alpha value is -2.67. The van der Waals surface area contributed by atoms with Gasteiger partial charge in [-0.15, -0.1) is 0 Å². The maximum atomic E-state index is 13.2. The fourth-order valence-electron chi connectivity index (χ4n) is 3.01. The molecule has 0 unspecified atom stereocenters. The maximum Gasteiger partial charge on any atom is 0.251 e. The lowest BCUT2D eigenvalue weighted by Crippen LogP contribution is -2.27. The Labute approximate surface area is 134 Å². The molecule has 0 fully saturated rings. The van der Waals surface area contributed by atoms with E-state index in [0.717, 1.165) is 17.7 Å². The number of nitriles is 1. The molecule has 0 amide bonds. The van der Waals surface area contributed by atoms with Crippen LogP contribution in [0.5, 0.6) is 0 Å². The maximum absolute atomic E-state index is 13.2. The highest BCUT2D eigenvalue weighted by Crippen LogP contribution is 2.33. The molecule has 1 aromatic heterocycles. The Bertz CT molecular complexity index is 901. The van der Waals surface area contributed by atoms with Gasteiger partial charge in [-0.1, -0.05) is 32.1 Å². The summed E-state index contributed by atoms with van der Waals surface area (Å²) in [7, 11) is 0. The minimum atomic E-state index is -0.450. The van der Waals surface area contributed by atoms with Gasteiger partial charge in [0.25, 0.3) is 5.56 Å². The van der Waals surface area contributed by atoms with Crippen molar-refractivity contribution in [2.75, 3.05) is 0 Å². The van der Waals surface area contributed by atoms with Crippen LogP contribution in [0.2, 0.25) is 0 Å². The van der Waals surface area contributed by atoms with E-state index in [2.05, 4.69) is 24.9 Å². The molecule has 2 aromatic rings. The first kappa shape index (κ1) is 15.2. The van der Waals surface area contributed by atoms with Crippen molar-refractivity contribution in [3.63, 3.8) is 0 Å². The van der Waals surface area contributed by atoms with E-state index in [1.807, 2.05) is 18.2 Å². The lowest BCUT2D eigenvalue weighted by Gasteiger charge is -2.28. The number of rotatable bonds is 2. The quantitative estimate of drug-likeness (QED) is 0.920. The minimum absolute atomic E-state index is 0.102. The summed E-state index contributed by atoms with van der Waals surface area (Å²) in [5.41, 5.74) is 3.17. The number of nitrogens with one attached hydrogen (secondary N) is 1. The zero-order chi connectivity index (χ0) is 16.6. The number of aromatic nitrogens is 1. The van der Waals surface area contributed by atoms with Gasteiger partial charge < -0.3 is 4.98 Å². The SMILES string of the molecule is CC1(C)CC=Cc2cc(Cc3ccc(F)cc3C#N)c(=O)[nH]c21. The van der Waals surface area contributed by atoms with Gasteiger partial charge in [0.1, 0.15) is 5.82 Å². The molecule has 3 nitrogen and oxygen atoms in total. The average Bonchev–Trinajstić information content (AvgIpc) is 2.50. The van der Waals surface area contributed by atoms with Crippen LogP contribution in [0.25, 0.3) is 6.08 Å². The number of allylic oxidation sites excluding steroid dienone is 1. The summed E-state index contributed by atoms with van der Waals surface area (Å²) in [6.07, 6.45) is 5.30. The second-order valence-electron chi connectivity index (χ2n) is 6.53. The molecule has 0 spiro atoms. The van der Waals surface area contributed by atoms with Gasteiger partial charge in [0.05, 0.1) is 11.6 Å². The highest BCUT2D eigenvalue weighted by Gasteiger charge is 2.26. The third kappa shape index (κ3) is 2.83. The Morgan fingerprint density at radius 2 is 2.09 bits per heavy atom. The van der Waals surface area contributed by atoms with Gasteiger partial charge in [-0.25, -0.2) is 4.39 Å². The summed E-state index contributed by atoms with van der Waals surface area (Å²) in [4.78, 5) is 15.4. The van der Waals surface area contributed by atoms with Crippen LogP contribution in [-0.2, 0) is 11.8 Å². The number of pyridine rings is 1. The molecule has 4 heteroatoms. The molecule has 1 aromatic carbocycles. The highest BCUT2D eigenvalue weighted by atomic mass is 19.1. The molecule has 116 valence electrons. The summed E-state index contributed by atoms with van der Waals surface area (Å²) in [6.45, 7) is 4.19. The van der Waals surface area contributed by atoms with E-state index in [-0.39, 0.29) is 16.5 Å². The van der Waals surface area contributed by atoms with Crippen LogP contribution < -0.4 is 5.56 Å². The van der Waals surface area contributed by atoms with Gasteiger partial charge in [-0.05, 0) is 35.7 Å². The first-order valence-electron chi connectivity index (χ1n) is 7.52. The standard InChI is InChI=1S/C19H17FN2O/c1-19(2)7-3-4-13-9-14(18(23)22-17(13)19)8-12-5-6-16(20)10-15(12)11-21/h3-6,9-10H,7-8H2,1-2H3,(H,22,23). The summed E-state index contributed by atoms with van der Waals surface area (Å²) < 4.78 is 13.2. The zero-order valence-corrected chi connectivity index (χ0v) is 13.1. The summed E-state index contributed by atoms with van der Waals surface area (Å²) >= 11 is 0. The van der Waals surface area contributed by atoms with Crippen molar-refractivity contribution in [1.29, 1.82) is 5.26 Å². The number of nitrogens with zero attached hydrogens (tertiary/aromatic N) is 1. The molecular weight excluding hydrogens is 291 g/mol. The minimum Gasteiger partial charge on any atom is -0.325 e. The van der Waals surface area contributed by atoms with Crippen LogP contribution in [0.1, 0.15) is 48.2 Å². The lowest BCUT2D eigenvalue weighted by atomic mass is 9.79. The molecule has 0 saturated heterocycles. The molecule has 0 saturated carbocycles. The number of H-pyrrole nitrogens is 1. The molecule has 1 heterocycles. The summed E-state index contributed by atoms with van der Waals surface area (Å²) in [5.74, 6) is -0.450. The van der Waals surface area contributed by atoms with Gasteiger partial charge in [0.15, 0.2) is 0 Å². The predicted molar refractivity (Wildman–Crippen MR) is 87.7 cm³/mol. The molecule has 3 rings (SSSR count). The van der Waals surface area contributed by atoms with Crippen LogP contribution in [0, 0.1) is 17.1 Å². The topological polar surface area (TPSA) is 56.6 Å². The molecule has 23 heavy (non-hydrogen) atoms. The molecule has 1 N–H and O–H groups in total. The molecule has 0 atom stereocenters. The molecular formula is C19H17FN2O. The van der Waals surface area contributed by atoms with E-state index in [0.29, 0.717) is 17.5 Å². The summed E-state index contributed by atoms with van der Waals surface area (Å²) in [5, 5.41) is 9.14. The number of fused-ring (bicyclic) bond motifs is 1. The zero-order valence-electron chi connectivity index (χ0n) is 13.1. The number of hydrogen-bond acceptors (Lipinski definition) is 2. The third-order valence-corrected chi connectivity index (χ3v) is 4.32. The van der Waals surface area contributed by atoms with Crippen molar-refractivity contribution in [3.05, 3.63) is 74.5 Å². The van der Waals surface area contributed by atoms with Gasteiger partial charge in [-0.3, -0.25) is 4.79 Å². The molecule has 1 aliphatic rings. The van der Waals surface area contributed by atoms with Gasteiger partial charge in [-0.2, -0.15) is 5.26 Å². The average molecular weight is 308 g/mol. The van der Waals surface area contributed by atoms with Gasteiger partial charge >= 0.3 is 0 Å². The fourth-order valence-corrected chi connectivity index (χ4v) is 3.01. The van der Waals surface area contributed by atoms with Crippen LogP contribution in [0.3, 0.4) is 0 Å². The Balaban J connectivity index is 2.05. The molecule has 0 radical (unpaired) electrons. The van der Waals surface area contributed by atoms with E-state index < -0.39 is 5.82 Å². The number of halogens is 1. The number of aromatic amines is 1. The van der Waals surface area contributed by atoms with Crippen molar-refractivity contribution in [3.8, 4) is 6.07 Å². The van der Waals surface area contributed by atoms with E-state index in [1.165, 1.54) is 12.1 Å². The predicted octanol–water partition coefficient (Wildman–Crippen LogP) is 3.67. The van der Waals surface area contributed by atoms with E-state index in [4.69, 9.17) is 5.26 Å². The van der Waals surface area contributed by atoms with Crippen LogP contribution in [0.15, 0.2) is 35.1 Å². The normalized spacial score (nSPS) is 15.0. The van der Waals surface area contributed by atoms with Crippen molar-refractivity contribution in [2.24, 2.45) is 0 Å². The molecule has 1 aliphatic carbocycles. The van der Waals surface area contributed by atoms with Crippen LogP contribution >= 0.6 is 0 Å². The van der Waals surface area contributed by atoms with Crippen LogP contribution in [0.4, 0.5) is 4.39 Å². The van der Waals surface area contributed by atoms with E-state index in [9.17, 15) is 9.18 Å². The Morgan fingerprint density at radius 3 is 2.83 bits per heavy atom. The van der Waals surface area contributed by atoms with Crippen molar-refractivity contribution in [1.82, 2.24) is 4.98 Å². The second kappa shape index (κ2) is 5.51. The first-order valence-corrected chi connectivity index (χ1v) is 7.52. The van der Waals surface area contributed by atoms with Gasteiger partial charge in [0.2, 0.25) is 0 Å². The van der Waals surface area contributed by atoms with Crippen molar-refractivity contribution < 1.29 is 4.39 Å². The number of hydrogen-bond donors (Lipinski definition) is 1. The molecule has 0 aliphatic heterocycles. The highest BCUT2D eigenvalue weighted by molar-refractivity contribution is 5.58. The monoisotopic (exact) mass is 308 g/mol. The van der Waals surface area contributed by atoms with E-state index in [1.54, 1.807) is 6.07 Å². The fraction of sp³-hybridized carbons (Fsp3) is 0.263. The number of benzene rings is 1. The second-order valence-corrected chi connectivity index (χ2v) is 6.53. The van der Waals surface area contributed by atoms with Crippen molar-refractivity contribution >= 4 is 6.08 Å². The lowest BCUT2D eigenvalue weighted by molar-refractivity contribution is 0.508. The van der Waals surface area contributed by atoms with E-state index >= 15 is 0 Å². The molecule has 0 bridgehead atoms. The summed E-state index contributed by atoms with van der Waals surface area (Å²) in [6, 6.07) is 7.93. The van der Waals surface area contributed by atoms with Gasteiger partial charge in [0, 0.05) is 23.1 Å². The largest absolute Gasteiger partial charge is 0.325 e. The Morgan fingerprint density at radius 1 is 1.30 bits per heavy atom. The van der Waals surface area contributed by atoms with Crippen molar-refractivity contribution in [2.45, 2.75) is 32.1 Å². The Kier molecular flexibility index (Phi) is 3.65. The first-order chi connectivity index (χ1) is 10.9. The smallest absolute Gasteiger partial charge is 0.251 e. The third-order valence-electron chi connectivity index (χ3n) is 4.32. The van der Waals surface area contributed by atoms with Crippen LogP contribution in [-0.4, -0.2) is 4.98 Å².